The second-order valence-electron chi connectivity index (χ2n) is 6.59. The monoisotopic (exact) mass is 427 g/mol. The largest absolute Gasteiger partial charge is 0.480 e. The highest BCUT2D eigenvalue weighted by molar-refractivity contribution is 5.92. The molecule has 3 amide bonds. The lowest BCUT2D eigenvalue weighted by molar-refractivity contribution is -0.142. The molecule has 1 aromatic rings. The molecule has 30 heavy (non-hydrogen) atoms. The summed E-state index contributed by atoms with van der Waals surface area (Å²) in [5.41, 5.74) is 11.6. The van der Waals surface area contributed by atoms with Gasteiger partial charge in [0.2, 0.25) is 17.7 Å². The molecule has 0 saturated carbocycles. The fourth-order valence-corrected chi connectivity index (χ4v) is 2.47. The predicted octanol–water partition coefficient (Wildman–Crippen LogP) is -3.43. The number of aromatic amines is 1. The molecule has 0 aromatic carbocycles. The number of aliphatic hydroxyl groups excluding tert-OH is 1. The van der Waals surface area contributed by atoms with Crippen molar-refractivity contribution in [1.29, 1.82) is 0 Å². The van der Waals surface area contributed by atoms with Gasteiger partial charge in [-0.3, -0.25) is 14.4 Å². The van der Waals surface area contributed by atoms with Gasteiger partial charge in [-0.1, -0.05) is 6.42 Å². The number of imidazole rings is 1. The fraction of sp³-hybridized carbons (Fsp3) is 0.588. The Hall–Kier alpha value is -3.03. The molecule has 13 nitrogen and oxygen atoms in total. The van der Waals surface area contributed by atoms with Crippen molar-refractivity contribution in [3.8, 4) is 0 Å². The predicted molar refractivity (Wildman–Crippen MR) is 105 cm³/mol. The normalized spacial score (nSPS) is 13.7. The first-order valence-corrected chi connectivity index (χ1v) is 9.42. The third-order valence-electron chi connectivity index (χ3n) is 4.16. The number of rotatable bonds is 14. The van der Waals surface area contributed by atoms with E-state index >= 15 is 0 Å². The van der Waals surface area contributed by atoms with Gasteiger partial charge < -0.3 is 42.6 Å². The van der Waals surface area contributed by atoms with Gasteiger partial charge in [0.25, 0.3) is 0 Å². The zero-order valence-corrected chi connectivity index (χ0v) is 16.5. The van der Waals surface area contributed by atoms with Crippen molar-refractivity contribution in [3.05, 3.63) is 18.2 Å². The highest BCUT2D eigenvalue weighted by Gasteiger charge is 2.27. The fourth-order valence-electron chi connectivity index (χ4n) is 2.47. The summed E-state index contributed by atoms with van der Waals surface area (Å²) in [6.45, 7) is -0.726. The number of carboxylic acid groups (broad SMARTS) is 1. The molecule has 168 valence electrons. The van der Waals surface area contributed by atoms with Crippen molar-refractivity contribution in [2.75, 3.05) is 19.7 Å². The maximum absolute atomic E-state index is 12.3. The zero-order chi connectivity index (χ0) is 22.5. The number of nitrogens with zero attached hydrogens (tertiary/aromatic N) is 1. The third-order valence-corrected chi connectivity index (χ3v) is 4.16. The van der Waals surface area contributed by atoms with Crippen molar-refractivity contribution >= 4 is 23.7 Å². The highest BCUT2D eigenvalue weighted by atomic mass is 16.4. The standard InChI is InChI=1S/C17H29N7O6/c18-4-2-1-3-11(19)15(27)21-7-14(26)23-13(8-25)16(28)24-12(17(29)30)5-10-6-20-9-22-10/h6,9,11-13,25H,1-5,7-8,18-19H2,(H,20,22)(H,21,27)(H,23,26)(H,24,28)(H,29,30). The Morgan fingerprint density at radius 3 is 2.43 bits per heavy atom. The van der Waals surface area contributed by atoms with Gasteiger partial charge in [0.15, 0.2) is 0 Å². The number of carboxylic acids is 1. The molecule has 0 aliphatic heterocycles. The molecule has 0 radical (unpaired) electrons. The average Bonchev–Trinajstić information content (AvgIpc) is 3.22. The van der Waals surface area contributed by atoms with Gasteiger partial charge in [0, 0.05) is 18.3 Å². The molecule has 0 fully saturated rings. The van der Waals surface area contributed by atoms with Crippen LogP contribution < -0.4 is 27.4 Å². The minimum absolute atomic E-state index is 0.0642. The van der Waals surface area contributed by atoms with Gasteiger partial charge in [-0.05, 0) is 19.4 Å². The lowest BCUT2D eigenvalue weighted by atomic mass is 10.1. The van der Waals surface area contributed by atoms with Gasteiger partial charge in [-0.15, -0.1) is 0 Å². The van der Waals surface area contributed by atoms with Crippen LogP contribution in [0.25, 0.3) is 0 Å². The number of aliphatic hydroxyl groups is 1. The molecular weight excluding hydrogens is 398 g/mol. The smallest absolute Gasteiger partial charge is 0.326 e. The van der Waals surface area contributed by atoms with Crippen LogP contribution in [-0.2, 0) is 25.6 Å². The molecule has 13 heteroatoms. The van der Waals surface area contributed by atoms with Gasteiger partial charge in [0.1, 0.15) is 12.1 Å². The number of aromatic nitrogens is 2. The number of amides is 3. The van der Waals surface area contributed by atoms with Gasteiger partial charge in [-0.2, -0.15) is 0 Å². The maximum atomic E-state index is 12.3. The highest BCUT2D eigenvalue weighted by Crippen LogP contribution is 2.00. The Balaban J connectivity index is 2.50. The van der Waals surface area contributed by atoms with E-state index in [1.165, 1.54) is 12.5 Å². The van der Waals surface area contributed by atoms with Crippen LogP contribution in [0, 0.1) is 0 Å². The zero-order valence-electron chi connectivity index (χ0n) is 16.5. The van der Waals surface area contributed by atoms with E-state index in [4.69, 9.17) is 11.5 Å². The van der Waals surface area contributed by atoms with E-state index in [9.17, 15) is 29.4 Å². The molecule has 10 N–H and O–H groups in total. The Morgan fingerprint density at radius 2 is 1.87 bits per heavy atom. The van der Waals surface area contributed by atoms with E-state index in [-0.39, 0.29) is 6.42 Å². The number of nitrogens with one attached hydrogen (secondary N) is 4. The van der Waals surface area contributed by atoms with Crippen molar-refractivity contribution in [1.82, 2.24) is 25.9 Å². The van der Waals surface area contributed by atoms with Crippen LogP contribution in [-0.4, -0.2) is 81.7 Å². The Bertz CT molecular complexity index is 697. The van der Waals surface area contributed by atoms with Crippen LogP contribution in [0.15, 0.2) is 12.5 Å². The van der Waals surface area contributed by atoms with Crippen LogP contribution in [0.1, 0.15) is 25.0 Å². The Labute approximate surface area is 173 Å². The second-order valence-corrected chi connectivity index (χ2v) is 6.59. The first-order valence-electron chi connectivity index (χ1n) is 9.42. The number of unbranched alkanes of at least 4 members (excludes halogenated alkanes) is 1. The van der Waals surface area contributed by atoms with Gasteiger partial charge in [0.05, 0.1) is 25.5 Å². The van der Waals surface area contributed by atoms with E-state index in [0.717, 1.165) is 6.42 Å². The van der Waals surface area contributed by atoms with Gasteiger partial charge >= 0.3 is 5.97 Å². The van der Waals surface area contributed by atoms with Crippen LogP contribution in [0.4, 0.5) is 0 Å². The molecular formula is C17H29N7O6. The number of hydrogen-bond donors (Lipinski definition) is 8. The van der Waals surface area contributed by atoms with Crippen LogP contribution in [0.5, 0.6) is 0 Å². The van der Waals surface area contributed by atoms with E-state index in [1.807, 2.05) is 0 Å². The second kappa shape index (κ2) is 13.2. The summed E-state index contributed by atoms with van der Waals surface area (Å²) in [6.07, 6.45) is 4.53. The molecule has 0 bridgehead atoms. The SMILES string of the molecule is NCCCCC(N)C(=O)NCC(=O)NC(CO)C(=O)NC(Cc1cnc[nH]1)C(=O)O. The third kappa shape index (κ3) is 8.98. The molecule has 1 heterocycles. The first-order chi connectivity index (χ1) is 14.3. The number of carbonyl (C=O) groups excluding carboxylic acids is 3. The molecule has 3 unspecified atom stereocenters. The molecule has 3 atom stereocenters. The van der Waals surface area contributed by atoms with E-state index in [2.05, 4.69) is 25.9 Å². The summed E-state index contributed by atoms with van der Waals surface area (Å²) in [4.78, 5) is 53.9. The maximum Gasteiger partial charge on any atom is 0.326 e. The lowest BCUT2D eigenvalue weighted by Gasteiger charge is -2.20. The summed E-state index contributed by atoms with van der Waals surface area (Å²) in [5, 5.41) is 25.5. The van der Waals surface area contributed by atoms with Crippen LogP contribution in [0.2, 0.25) is 0 Å². The minimum Gasteiger partial charge on any atom is -0.480 e. The molecule has 0 spiro atoms. The van der Waals surface area contributed by atoms with Crippen molar-refractivity contribution in [2.45, 2.75) is 43.8 Å². The topological polar surface area (TPSA) is 226 Å². The van der Waals surface area contributed by atoms with E-state index in [1.54, 1.807) is 0 Å². The summed E-state index contributed by atoms with van der Waals surface area (Å²) in [7, 11) is 0. The quantitative estimate of drug-likeness (QED) is 0.138. The number of H-pyrrole nitrogens is 1. The van der Waals surface area contributed by atoms with Crippen molar-refractivity contribution in [2.24, 2.45) is 11.5 Å². The molecule has 1 rings (SSSR count). The Kier molecular flexibility index (Phi) is 11.0. The summed E-state index contributed by atoms with van der Waals surface area (Å²) in [6, 6.07) is -3.48. The number of nitrogens with two attached hydrogens (primary N) is 2. The number of carbonyl (C=O) groups is 4. The Morgan fingerprint density at radius 1 is 1.13 bits per heavy atom. The van der Waals surface area contributed by atoms with E-state index < -0.39 is 55.0 Å². The van der Waals surface area contributed by atoms with Crippen molar-refractivity contribution < 1.29 is 29.4 Å². The summed E-state index contributed by atoms with van der Waals surface area (Å²) < 4.78 is 0. The lowest BCUT2D eigenvalue weighted by Crippen LogP contribution is -2.55. The number of aliphatic carboxylic acids is 1. The molecule has 1 aromatic heterocycles. The minimum atomic E-state index is -1.39. The van der Waals surface area contributed by atoms with E-state index in [0.29, 0.717) is 25.1 Å². The summed E-state index contributed by atoms with van der Waals surface area (Å²) in [5.74, 6) is -3.45. The number of hydrogen-bond acceptors (Lipinski definition) is 8. The molecule has 0 aliphatic rings. The average molecular weight is 427 g/mol. The molecule has 0 saturated heterocycles. The van der Waals surface area contributed by atoms with Crippen LogP contribution >= 0.6 is 0 Å². The van der Waals surface area contributed by atoms with Crippen molar-refractivity contribution in [3.63, 3.8) is 0 Å². The first kappa shape index (κ1) is 25.0. The summed E-state index contributed by atoms with van der Waals surface area (Å²) >= 11 is 0. The van der Waals surface area contributed by atoms with Gasteiger partial charge in [-0.25, -0.2) is 9.78 Å². The molecule has 0 aliphatic carbocycles. The van der Waals surface area contributed by atoms with Crippen LogP contribution in [0.3, 0.4) is 0 Å².